The molecule has 0 amide bonds. The second-order valence-corrected chi connectivity index (χ2v) is 7.69. The first-order valence-electron chi connectivity index (χ1n) is 9.26. The van der Waals surface area contributed by atoms with Gasteiger partial charge in [0, 0.05) is 11.1 Å². The maximum Gasteiger partial charge on any atom is 0.226 e. The maximum atomic E-state index is 6.10. The van der Waals surface area contributed by atoms with Gasteiger partial charge in [0.1, 0.15) is 12.4 Å². The standard InChI is InChI=1S/C23H22N2O2/c1-14-5-8-18(9-6-14)25-22-21(16(3)24-25)23(4)17(13-27-22)12-26-20-10-7-15(2)11-19(20)23/h5-11,13H,12H2,1-4H3/t23-/m0/s1. The van der Waals surface area contributed by atoms with Gasteiger partial charge in [-0.1, -0.05) is 35.4 Å². The number of aryl methyl sites for hydroxylation is 3. The van der Waals surface area contributed by atoms with Gasteiger partial charge in [-0.05, 0) is 45.9 Å². The zero-order valence-corrected chi connectivity index (χ0v) is 16.0. The molecule has 0 unspecified atom stereocenters. The van der Waals surface area contributed by atoms with Crippen molar-refractivity contribution in [3.05, 3.63) is 82.2 Å². The van der Waals surface area contributed by atoms with Crippen molar-refractivity contribution in [2.24, 2.45) is 0 Å². The Hall–Kier alpha value is -3.01. The summed E-state index contributed by atoms with van der Waals surface area (Å²) in [4.78, 5) is 0. The van der Waals surface area contributed by atoms with Crippen LogP contribution in [0, 0.1) is 20.8 Å². The van der Waals surface area contributed by atoms with Gasteiger partial charge in [0.15, 0.2) is 0 Å². The predicted molar refractivity (Wildman–Crippen MR) is 105 cm³/mol. The van der Waals surface area contributed by atoms with E-state index in [-0.39, 0.29) is 5.41 Å². The highest BCUT2D eigenvalue weighted by molar-refractivity contribution is 5.62. The second-order valence-electron chi connectivity index (χ2n) is 7.69. The molecule has 0 bridgehead atoms. The molecule has 0 saturated carbocycles. The summed E-state index contributed by atoms with van der Waals surface area (Å²) in [5, 5.41) is 4.84. The number of aromatic nitrogens is 2. The van der Waals surface area contributed by atoms with Crippen molar-refractivity contribution in [3.63, 3.8) is 0 Å². The molecular formula is C23H22N2O2. The number of hydrogen-bond donors (Lipinski definition) is 0. The normalized spacial score (nSPS) is 19.9. The van der Waals surface area contributed by atoms with Crippen LogP contribution in [0.3, 0.4) is 0 Å². The van der Waals surface area contributed by atoms with Crippen LogP contribution >= 0.6 is 0 Å². The largest absolute Gasteiger partial charge is 0.489 e. The molecule has 1 atom stereocenters. The van der Waals surface area contributed by atoms with Gasteiger partial charge in [0.2, 0.25) is 5.88 Å². The van der Waals surface area contributed by atoms with Crippen LogP contribution in [0.2, 0.25) is 0 Å². The summed E-state index contributed by atoms with van der Waals surface area (Å²) in [6, 6.07) is 14.7. The lowest BCUT2D eigenvalue weighted by atomic mass is 9.68. The number of rotatable bonds is 1. The Morgan fingerprint density at radius 1 is 1.00 bits per heavy atom. The molecule has 1 aromatic heterocycles. The van der Waals surface area contributed by atoms with Gasteiger partial charge in [0.05, 0.1) is 28.6 Å². The number of fused-ring (bicyclic) bond motifs is 5. The highest BCUT2D eigenvalue weighted by Gasteiger charge is 2.46. The number of benzene rings is 2. The molecule has 2 aromatic carbocycles. The van der Waals surface area contributed by atoms with Crippen LogP contribution in [-0.2, 0) is 5.41 Å². The van der Waals surface area contributed by atoms with Crippen LogP contribution in [0.5, 0.6) is 11.6 Å². The van der Waals surface area contributed by atoms with Crippen LogP contribution in [-0.4, -0.2) is 16.4 Å². The van der Waals surface area contributed by atoms with Crippen molar-refractivity contribution in [2.75, 3.05) is 6.61 Å². The first-order chi connectivity index (χ1) is 13.0. The van der Waals surface area contributed by atoms with E-state index < -0.39 is 0 Å². The van der Waals surface area contributed by atoms with E-state index in [4.69, 9.17) is 14.6 Å². The van der Waals surface area contributed by atoms with Gasteiger partial charge in [-0.15, -0.1) is 0 Å². The fourth-order valence-electron chi connectivity index (χ4n) is 4.26. The molecular weight excluding hydrogens is 336 g/mol. The Morgan fingerprint density at radius 3 is 2.52 bits per heavy atom. The van der Waals surface area contributed by atoms with Crippen LogP contribution in [0.4, 0.5) is 0 Å². The van der Waals surface area contributed by atoms with Gasteiger partial charge in [-0.2, -0.15) is 5.10 Å². The lowest BCUT2D eigenvalue weighted by Crippen LogP contribution is -2.37. The number of ether oxygens (including phenoxy) is 2. The smallest absolute Gasteiger partial charge is 0.226 e. The lowest BCUT2D eigenvalue weighted by Gasteiger charge is -2.40. The quantitative estimate of drug-likeness (QED) is 0.628. The van der Waals surface area contributed by atoms with Crippen molar-refractivity contribution in [2.45, 2.75) is 33.1 Å². The van der Waals surface area contributed by atoms with Crippen LogP contribution in [0.1, 0.15) is 34.9 Å². The summed E-state index contributed by atoms with van der Waals surface area (Å²) in [6.45, 7) is 9.05. The van der Waals surface area contributed by atoms with E-state index in [1.54, 1.807) is 0 Å². The summed E-state index contributed by atoms with van der Waals surface area (Å²) < 4.78 is 14.0. The highest BCUT2D eigenvalue weighted by atomic mass is 16.5. The van der Waals surface area contributed by atoms with Gasteiger partial charge in [-0.3, -0.25) is 0 Å². The molecule has 0 N–H and O–H groups in total. The maximum absolute atomic E-state index is 6.10. The molecule has 4 nitrogen and oxygen atoms in total. The third-order valence-corrected chi connectivity index (χ3v) is 5.81. The van der Waals surface area contributed by atoms with E-state index in [2.05, 4.69) is 70.2 Å². The van der Waals surface area contributed by atoms with E-state index in [0.29, 0.717) is 6.61 Å². The first-order valence-corrected chi connectivity index (χ1v) is 9.26. The van der Waals surface area contributed by atoms with E-state index in [1.165, 1.54) is 16.7 Å². The van der Waals surface area contributed by atoms with E-state index in [1.807, 2.05) is 10.9 Å². The molecule has 0 radical (unpaired) electrons. The minimum atomic E-state index is -0.305. The van der Waals surface area contributed by atoms with Crippen molar-refractivity contribution in [1.82, 2.24) is 9.78 Å². The SMILES string of the molecule is Cc1ccc(-n2nc(C)c3c2OC=C2COc4ccc(C)cc4[C@]23C)cc1. The third kappa shape index (κ3) is 2.19. The summed E-state index contributed by atoms with van der Waals surface area (Å²) in [5.41, 5.74) is 7.54. The molecule has 0 spiro atoms. The summed E-state index contributed by atoms with van der Waals surface area (Å²) in [6.07, 6.45) is 1.85. The van der Waals surface area contributed by atoms with Crippen LogP contribution in [0.25, 0.3) is 5.69 Å². The van der Waals surface area contributed by atoms with Crippen molar-refractivity contribution in [1.29, 1.82) is 0 Å². The summed E-state index contributed by atoms with van der Waals surface area (Å²) in [7, 11) is 0. The predicted octanol–water partition coefficient (Wildman–Crippen LogP) is 4.77. The topological polar surface area (TPSA) is 36.3 Å². The molecule has 2 aliphatic heterocycles. The Labute approximate surface area is 159 Å². The van der Waals surface area contributed by atoms with Gasteiger partial charge >= 0.3 is 0 Å². The fraction of sp³-hybridized carbons (Fsp3) is 0.261. The molecule has 3 aromatic rings. The molecule has 27 heavy (non-hydrogen) atoms. The van der Waals surface area contributed by atoms with E-state index >= 15 is 0 Å². The number of hydrogen-bond acceptors (Lipinski definition) is 3. The first kappa shape index (κ1) is 16.2. The molecule has 5 rings (SSSR count). The average Bonchev–Trinajstić information content (AvgIpc) is 3.00. The highest BCUT2D eigenvalue weighted by Crippen LogP contribution is 2.52. The van der Waals surface area contributed by atoms with Gasteiger partial charge in [0.25, 0.3) is 0 Å². The van der Waals surface area contributed by atoms with Gasteiger partial charge < -0.3 is 9.47 Å². The fourth-order valence-corrected chi connectivity index (χ4v) is 4.26. The average molecular weight is 358 g/mol. The van der Waals surface area contributed by atoms with Crippen molar-refractivity contribution < 1.29 is 9.47 Å². The second kappa shape index (κ2) is 5.49. The van der Waals surface area contributed by atoms with Crippen molar-refractivity contribution >= 4 is 0 Å². The van der Waals surface area contributed by atoms with Gasteiger partial charge in [-0.25, -0.2) is 4.68 Å². The minimum Gasteiger partial charge on any atom is -0.489 e. The monoisotopic (exact) mass is 358 g/mol. The van der Waals surface area contributed by atoms with E-state index in [0.717, 1.165) is 34.1 Å². The van der Waals surface area contributed by atoms with Crippen molar-refractivity contribution in [3.8, 4) is 17.3 Å². The zero-order chi connectivity index (χ0) is 18.8. The van der Waals surface area contributed by atoms with E-state index in [9.17, 15) is 0 Å². The Morgan fingerprint density at radius 2 is 1.74 bits per heavy atom. The lowest BCUT2D eigenvalue weighted by molar-refractivity contribution is 0.280. The molecule has 4 heteroatoms. The van der Waals surface area contributed by atoms with Crippen LogP contribution < -0.4 is 9.47 Å². The summed E-state index contributed by atoms with van der Waals surface area (Å²) in [5.74, 6) is 1.73. The molecule has 0 saturated heterocycles. The summed E-state index contributed by atoms with van der Waals surface area (Å²) >= 11 is 0. The third-order valence-electron chi connectivity index (χ3n) is 5.81. The Kier molecular flexibility index (Phi) is 3.29. The Balaban J connectivity index is 1.76. The molecule has 136 valence electrons. The zero-order valence-electron chi connectivity index (χ0n) is 16.0. The number of nitrogens with zero attached hydrogens (tertiary/aromatic N) is 2. The molecule has 0 aliphatic carbocycles. The molecule has 3 heterocycles. The minimum absolute atomic E-state index is 0.305. The molecule has 0 fully saturated rings. The Bertz CT molecular complexity index is 1090. The molecule has 2 aliphatic rings. The van der Waals surface area contributed by atoms with Crippen LogP contribution in [0.15, 0.2) is 54.3 Å².